The highest BCUT2D eigenvalue weighted by Gasteiger charge is 2.60. The molecule has 9 saturated heterocycles. The minimum Gasteiger partial charge on any atom is -0.483 e. The summed E-state index contributed by atoms with van der Waals surface area (Å²) in [7, 11) is 0. The van der Waals surface area contributed by atoms with Crippen molar-refractivity contribution in [2.75, 3.05) is 119 Å². The SMILES string of the molecule is CC(=O)NC1[C@H](OCCCNC(=O)COc2ccc(-c3cc(C(=O)O)ccc3OCC(=O)NCCCO[C@@H]3OC(CO)[C@@H](O[C@@H]4OC(CO)[C@H](O)[C@H](O[C@H]5OC(CO)[C@H](O)C(O)[C@@H]5O)C4O)[C@H](O)C3NC(C)=O)cc2OCC(=O)NCCCO[C@@H]2OC(CO)[C@@H](O[C@@H]3OC(CO)[C@H](O)[C@H](O[C@H]4OC(CO)[C@H](O)C(O)[C@@H]4O)C3O)[C@H](O)C2NC(C)=O)OC(CO)[C@@H](O[C@@H]2OC(CO)[C@H](O)[C@H](O[C@H]3OC(CO)[C@H](O)C(O)[C@@H]3O)C2O)[C@@H]1O. The van der Waals surface area contributed by atoms with Gasteiger partial charge in [0.2, 0.25) is 17.7 Å². The number of carbonyl (C=O) groups is 7. The van der Waals surface area contributed by atoms with Gasteiger partial charge in [-0.15, -0.1) is 0 Å². The molecule has 62 heteroatoms. The molecule has 9 fully saturated rings. The number of aliphatic hydroxyl groups is 27. The minimum absolute atomic E-state index is 0.0219. The van der Waals surface area contributed by atoms with Crippen molar-refractivity contribution in [3.63, 3.8) is 0 Å². The molecule has 9 aliphatic rings. The molecule has 0 saturated carbocycles. The van der Waals surface area contributed by atoms with E-state index in [0.29, 0.717) is 0 Å². The highest BCUT2D eigenvalue weighted by atomic mass is 16.8. The molecule has 0 bridgehead atoms. The highest BCUT2D eigenvalue weighted by molar-refractivity contribution is 5.91. The van der Waals surface area contributed by atoms with Crippen LogP contribution in [0.5, 0.6) is 17.2 Å². The molecule has 18 unspecified atom stereocenters. The third kappa shape index (κ3) is 30.4. The van der Waals surface area contributed by atoms with Crippen LogP contribution in [-0.2, 0) is 114 Å². The van der Waals surface area contributed by atoms with E-state index in [2.05, 4.69) is 31.9 Å². The Labute approximate surface area is 851 Å². The lowest BCUT2D eigenvalue weighted by atomic mass is 9.95. The van der Waals surface area contributed by atoms with Gasteiger partial charge in [0.05, 0.1) is 84.8 Å². The predicted molar refractivity (Wildman–Crippen MR) is 478 cm³/mol. The van der Waals surface area contributed by atoms with E-state index in [1.807, 2.05) is 0 Å². The molecule has 150 heavy (non-hydrogen) atoms. The van der Waals surface area contributed by atoms with E-state index in [1.165, 1.54) is 24.3 Å². The fourth-order valence-corrected chi connectivity index (χ4v) is 17.7. The molecule has 34 N–H and O–H groups in total. The van der Waals surface area contributed by atoms with E-state index in [1.54, 1.807) is 0 Å². The van der Waals surface area contributed by atoms with E-state index in [-0.39, 0.29) is 92.7 Å². The van der Waals surface area contributed by atoms with Crippen molar-refractivity contribution in [2.45, 2.75) is 316 Å². The second-order valence-electron chi connectivity index (χ2n) is 36.4. The van der Waals surface area contributed by atoms with E-state index in [0.717, 1.165) is 32.9 Å². The number of nitrogens with one attached hydrogen (secondary N) is 6. The zero-order valence-corrected chi connectivity index (χ0v) is 80.7. The van der Waals surface area contributed by atoms with Gasteiger partial charge in [0, 0.05) is 46.0 Å². The van der Waals surface area contributed by atoms with Gasteiger partial charge in [0.15, 0.2) is 87.9 Å². The summed E-state index contributed by atoms with van der Waals surface area (Å²) in [6.07, 6.45) is -77.0. The van der Waals surface area contributed by atoms with E-state index >= 15 is 0 Å². The summed E-state index contributed by atoms with van der Waals surface area (Å²) in [6.45, 7) is -9.13. The monoisotopic (exact) mass is 2170 g/mol. The summed E-state index contributed by atoms with van der Waals surface area (Å²) < 4.78 is 121. The van der Waals surface area contributed by atoms with Crippen LogP contribution in [0, 0.1) is 0 Å². The lowest BCUT2D eigenvalue weighted by Crippen LogP contribution is -2.68. The molecule has 9 heterocycles. The maximum atomic E-state index is 13.8. The van der Waals surface area contributed by atoms with Gasteiger partial charge in [-0.2, -0.15) is 0 Å². The first kappa shape index (κ1) is 123. The Morgan fingerprint density at radius 1 is 0.273 bits per heavy atom. The highest BCUT2D eigenvalue weighted by Crippen LogP contribution is 2.42. The summed E-state index contributed by atoms with van der Waals surface area (Å²) in [4.78, 5) is 91.6. The molecule has 0 spiro atoms. The summed E-state index contributed by atoms with van der Waals surface area (Å²) in [6, 6.07) is 2.75. The third-order valence-corrected chi connectivity index (χ3v) is 25.8. The average Bonchev–Trinajstić information content (AvgIpc) is 0.774. The number of aromatic carboxylic acids is 1. The number of benzene rings is 2. The molecule has 854 valence electrons. The largest absolute Gasteiger partial charge is 0.483 e. The number of ether oxygens (including phenoxy) is 21. The number of carbonyl (C=O) groups excluding carboxylic acids is 6. The normalized spacial score (nSPS) is 39.3. The summed E-state index contributed by atoms with van der Waals surface area (Å²) in [5, 5.41) is 314. The zero-order chi connectivity index (χ0) is 110. The number of carboxylic acid groups (broad SMARTS) is 1. The Balaban J connectivity index is 0.724. The molecule has 11 rings (SSSR count). The lowest BCUT2D eigenvalue weighted by Gasteiger charge is -2.48. The Morgan fingerprint density at radius 3 is 0.807 bits per heavy atom. The van der Waals surface area contributed by atoms with Gasteiger partial charge in [0.25, 0.3) is 17.7 Å². The van der Waals surface area contributed by atoms with Crippen molar-refractivity contribution in [3.05, 3.63) is 42.0 Å². The van der Waals surface area contributed by atoms with Crippen LogP contribution in [0.15, 0.2) is 36.4 Å². The minimum atomic E-state index is -2.12. The third-order valence-electron chi connectivity index (χ3n) is 25.8. The maximum Gasteiger partial charge on any atom is 0.335 e. The van der Waals surface area contributed by atoms with Crippen LogP contribution in [0.3, 0.4) is 0 Å². The Kier molecular flexibility index (Phi) is 46.8. The van der Waals surface area contributed by atoms with Gasteiger partial charge in [-0.3, -0.25) is 28.8 Å². The Bertz CT molecular complexity index is 4550. The first-order valence-corrected chi connectivity index (χ1v) is 47.9. The number of aliphatic hydroxyl groups excluding tert-OH is 27. The van der Waals surface area contributed by atoms with Crippen LogP contribution in [0.4, 0.5) is 0 Å². The van der Waals surface area contributed by atoms with Gasteiger partial charge >= 0.3 is 5.97 Å². The van der Waals surface area contributed by atoms with Crippen LogP contribution in [-0.4, -0.2) is 579 Å². The standard InChI is InChI=1S/C88H136N6O56/c1-31(104)92-52-61(116)73(145-86-70(125)76(58(113)43(22-98)139-86)148-83-67(122)64(119)55(110)40(19-95)136-83)46(25-101)142-80(52)130-14-4-11-89-49(107)28-133-37-9-8-35(79(128)129)17-36(37)34-7-10-38(134-29-50(108)90-12-5-15-131-81-53(93-32(2)105)62(117)74(47(26-102)143-81)146-87-71(126)77(59(114)44(23-99)140-87)149-84-68(123)65(120)56(111)41(20-96)137-84)39(18-34)135-30-51(109)91-13-6-16-132-82-54(94-33(3)106)63(118)75(48(27-103)144-82)147-88-72(127)78(60(115)45(24-100)141-88)150-85-69(124)66(121)57(112)42(21-97)138-85/h7-10,17-18,40-48,52-78,80-88,95-103,110-127H,4-6,11-16,19-30H2,1-3H3,(H,89,107)(H,90,108)(H,91,109)(H,92,104)(H,93,105)(H,94,106)(H,128,129)/t40?,41?,42?,43?,44?,45?,46?,47?,48?,52?,53?,54?,55-,56-,57-,58-,59-,60-,61+,62+,63+,64?,65?,66?,67-,68-,69-,70?,71?,72?,73+,74+,75+,76-,77-,78-,80+,81+,82+,83+,84+,85+,86-,87-,88-/m0/s1. The number of rotatable bonds is 50. The summed E-state index contributed by atoms with van der Waals surface area (Å²) in [5.41, 5.74) is -0.274. The number of amides is 6. The molecule has 0 radical (unpaired) electrons. The van der Waals surface area contributed by atoms with Crippen molar-refractivity contribution in [1.29, 1.82) is 0 Å². The van der Waals surface area contributed by atoms with Gasteiger partial charge in [-0.25, -0.2) is 4.79 Å². The summed E-state index contributed by atoms with van der Waals surface area (Å²) >= 11 is 0. The second-order valence-corrected chi connectivity index (χ2v) is 36.4. The van der Waals surface area contributed by atoms with Crippen LogP contribution in [0.1, 0.15) is 50.4 Å². The van der Waals surface area contributed by atoms with E-state index in [9.17, 15) is 177 Å². The molecular formula is C88H136N6O56. The van der Waals surface area contributed by atoms with Crippen molar-refractivity contribution >= 4 is 41.4 Å². The maximum absolute atomic E-state index is 13.8. The van der Waals surface area contributed by atoms with Gasteiger partial charge in [0.1, 0.15) is 225 Å². The molecule has 0 aromatic heterocycles. The predicted octanol–water partition coefficient (Wildman–Crippen LogP) is -19.5. The number of hydrogen-bond acceptors (Lipinski definition) is 55. The van der Waals surface area contributed by atoms with Gasteiger partial charge < -0.3 is 274 Å². The molecule has 0 aliphatic carbocycles. The number of hydrogen-bond donors (Lipinski definition) is 34. The molecule has 45 atom stereocenters. The fourth-order valence-electron chi connectivity index (χ4n) is 17.7. The molecule has 2 aromatic carbocycles. The van der Waals surface area contributed by atoms with Gasteiger partial charge in [-0.1, -0.05) is 6.07 Å². The summed E-state index contributed by atoms with van der Waals surface area (Å²) in [5.74, 6) is -6.78. The molecule has 2 aromatic rings. The van der Waals surface area contributed by atoms with Crippen LogP contribution in [0.25, 0.3) is 11.1 Å². The van der Waals surface area contributed by atoms with Crippen molar-refractivity contribution < 1.29 is 276 Å². The van der Waals surface area contributed by atoms with Crippen molar-refractivity contribution in [3.8, 4) is 28.4 Å². The average molecular weight is 2170 g/mol. The van der Waals surface area contributed by atoms with E-state index in [4.69, 9.17) is 99.5 Å². The Morgan fingerprint density at radius 2 is 0.527 bits per heavy atom. The zero-order valence-electron chi connectivity index (χ0n) is 80.7. The quantitative estimate of drug-likeness (QED) is 0.0274. The van der Waals surface area contributed by atoms with Crippen molar-refractivity contribution in [1.82, 2.24) is 31.9 Å². The molecule has 6 amide bonds. The first-order valence-electron chi connectivity index (χ1n) is 47.9. The molecule has 9 aliphatic heterocycles. The number of carboxylic acids is 1. The second kappa shape index (κ2) is 57.3. The Hall–Kier alpha value is -7.67. The van der Waals surface area contributed by atoms with Crippen molar-refractivity contribution in [2.24, 2.45) is 0 Å². The lowest BCUT2D eigenvalue weighted by molar-refractivity contribution is -0.376. The smallest absolute Gasteiger partial charge is 0.335 e. The fraction of sp³-hybridized carbons (Fsp3) is 0.784. The van der Waals surface area contributed by atoms with E-state index < -0.39 is 397 Å². The van der Waals surface area contributed by atoms with Crippen LogP contribution in [0.2, 0.25) is 0 Å². The van der Waals surface area contributed by atoms with Crippen LogP contribution < -0.4 is 46.1 Å². The molecular weight excluding hydrogens is 2040 g/mol. The molecule has 62 nitrogen and oxygen atoms in total. The first-order chi connectivity index (χ1) is 71.5. The van der Waals surface area contributed by atoms with Crippen LogP contribution >= 0.6 is 0 Å². The topological polar surface area (TPSA) is 952 Å². The van der Waals surface area contributed by atoms with Gasteiger partial charge in [-0.05, 0) is 55.2 Å².